The third kappa shape index (κ3) is 6.59. The van der Waals surface area contributed by atoms with Gasteiger partial charge in [0.1, 0.15) is 5.75 Å². The topological polar surface area (TPSA) is 29.5 Å². The lowest BCUT2D eigenvalue weighted by Crippen LogP contribution is -2.05. The fourth-order valence-electron chi connectivity index (χ4n) is 1.39. The summed E-state index contributed by atoms with van der Waals surface area (Å²) in [7, 11) is 0. The third-order valence-electron chi connectivity index (χ3n) is 2.41. The highest BCUT2D eigenvalue weighted by Gasteiger charge is 1.99. The van der Waals surface area contributed by atoms with E-state index in [0.717, 1.165) is 30.3 Å². The van der Waals surface area contributed by atoms with E-state index < -0.39 is 0 Å². The normalized spacial score (nSPS) is 12.4. The Morgan fingerprint density at radius 1 is 1.41 bits per heavy atom. The molecule has 1 N–H and O–H groups in total. The van der Waals surface area contributed by atoms with E-state index in [2.05, 4.69) is 26.0 Å². The average molecular weight is 254 g/mol. The molecule has 96 valence electrons. The number of hydrogen-bond donors (Lipinski definition) is 1. The summed E-state index contributed by atoms with van der Waals surface area (Å²) in [6, 6.07) is 8.14. The van der Waals surface area contributed by atoms with E-state index in [9.17, 15) is 0 Å². The van der Waals surface area contributed by atoms with Gasteiger partial charge in [-0.25, -0.2) is 0 Å². The molecule has 0 heterocycles. The predicted octanol–water partition coefficient (Wildman–Crippen LogP) is 3.13. The second-order valence-electron chi connectivity index (χ2n) is 4.38. The molecule has 0 saturated carbocycles. The molecule has 0 saturated heterocycles. The summed E-state index contributed by atoms with van der Waals surface area (Å²) in [6.45, 7) is 5.19. The van der Waals surface area contributed by atoms with Crippen LogP contribution in [0.25, 0.3) is 0 Å². The number of ether oxygens (including phenoxy) is 1. The summed E-state index contributed by atoms with van der Waals surface area (Å²) in [6.07, 6.45) is 1.05. The van der Waals surface area contributed by atoms with Gasteiger partial charge in [0.05, 0.1) is 6.61 Å². The Bertz CT molecular complexity index is 315. The number of rotatable bonds is 8. The fraction of sp³-hybridized carbons (Fsp3) is 0.571. The highest BCUT2D eigenvalue weighted by atomic mass is 32.2. The Balaban J connectivity index is 2.05. The van der Waals surface area contributed by atoms with E-state index in [4.69, 9.17) is 9.84 Å². The zero-order chi connectivity index (χ0) is 12.5. The summed E-state index contributed by atoms with van der Waals surface area (Å²) in [5.41, 5.74) is 1.23. The molecule has 0 amide bonds. The highest BCUT2D eigenvalue weighted by Crippen LogP contribution is 2.13. The van der Waals surface area contributed by atoms with Crippen LogP contribution in [0, 0.1) is 12.8 Å². The number of hydrogen-bond acceptors (Lipinski definition) is 3. The lowest BCUT2D eigenvalue weighted by Gasteiger charge is -2.08. The smallest absolute Gasteiger partial charge is 0.119 e. The lowest BCUT2D eigenvalue weighted by atomic mass is 10.2. The first-order chi connectivity index (χ1) is 8.22. The van der Waals surface area contributed by atoms with Gasteiger partial charge < -0.3 is 9.84 Å². The van der Waals surface area contributed by atoms with Gasteiger partial charge >= 0.3 is 0 Å². The van der Waals surface area contributed by atoms with Crippen LogP contribution in [0.2, 0.25) is 0 Å². The summed E-state index contributed by atoms with van der Waals surface area (Å²) in [4.78, 5) is 0. The van der Waals surface area contributed by atoms with E-state index in [1.54, 1.807) is 0 Å². The maximum Gasteiger partial charge on any atom is 0.119 e. The standard InChI is InChI=1S/C14H22O2S/c1-12-5-3-6-14(9-12)16-7-4-8-17-11-13(2)10-15/h3,5-6,9,13,15H,4,7-8,10-11H2,1-2H3. The van der Waals surface area contributed by atoms with Crippen LogP contribution >= 0.6 is 11.8 Å². The van der Waals surface area contributed by atoms with Gasteiger partial charge in [0, 0.05) is 6.61 Å². The van der Waals surface area contributed by atoms with Crippen molar-refractivity contribution in [3.05, 3.63) is 29.8 Å². The van der Waals surface area contributed by atoms with Crippen LogP contribution in [0.5, 0.6) is 5.75 Å². The van der Waals surface area contributed by atoms with Crippen molar-refractivity contribution in [2.45, 2.75) is 20.3 Å². The van der Waals surface area contributed by atoms with Gasteiger partial charge in [-0.15, -0.1) is 0 Å². The van der Waals surface area contributed by atoms with E-state index in [1.807, 2.05) is 23.9 Å². The van der Waals surface area contributed by atoms with Crippen molar-refractivity contribution in [3.63, 3.8) is 0 Å². The Hall–Kier alpha value is -0.670. The van der Waals surface area contributed by atoms with Crippen molar-refractivity contribution < 1.29 is 9.84 Å². The molecule has 0 bridgehead atoms. The molecule has 1 rings (SSSR count). The van der Waals surface area contributed by atoms with Gasteiger partial charge in [-0.3, -0.25) is 0 Å². The first-order valence-electron chi connectivity index (χ1n) is 6.10. The van der Waals surface area contributed by atoms with Gasteiger partial charge in [0.15, 0.2) is 0 Å². The molecule has 0 radical (unpaired) electrons. The van der Waals surface area contributed by atoms with Crippen LogP contribution in [-0.2, 0) is 0 Å². The molecule has 3 heteroatoms. The molecule has 0 aliphatic heterocycles. The van der Waals surface area contributed by atoms with Crippen molar-refractivity contribution in [1.82, 2.24) is 0 Å². The van der Waals surface area contributed by atoms with E-state index in [1.165, 1.54) is 5.56 Å². The molecule has 1 atom stereocenters. The molecular formula is C14H22O2S. The SMILES string of the molecule is Cc1cccc(OCCCSCC(C)CO)c1. The van der Waals surface area contributed by atoms with E-state index in [0.29, 0.717) is 5.92 Å². The minimum Gasteiger partial charge on any atom is -0.494 e. The third-order valence-corrected chi connectivity index (χ3v) is 3.79. The van der Waals surface area contributed by atoms with E-state index in [-0.39, 0.29) is 6.61 Å². The molecule has 0 aliphatic carbocycles. The quantitative estimate of drug-likeness (QED) is 0.723. The molecule has 0 fully saturated rings. The van der Waals surface area contributed by atoms with Crippen LogP contribution in [0.4, 0.5) is 0 Å². The molecule has 1 aromatic rings. The second-order valence-corrected chi connectivity index (χ2v) is 5.53. The maximum absolute atomic E-state index is 8.87. The van der Waals surface area contributed by atoms with Crippen LogP contribution in [0.1, 0.15) is 18.9 Å². The largest absolute Gasteiger partial charge is 0.494 e. The van der Waals surface area contributed by atoms with Gasteiger partial charge in [0.25, 0.3) is 0 Å². The first kappa shape index (κ1) is 14.4. The minimum atomic E-state index is 0.285. The minimum absolute atomic E-state index is 0.285. The maximum atomic E-state index is 8.87. The first-order valence-corrected chi connectivity index (χ1v) is 7.26. The average Bonchev–Trinajstić information content (AvgIpc) is 2.33. The summed E-state index contributed by atoms with van der Waals surface area (Å²) < 4.78 is 5.66. The van der Waals surface area contributed by atoms with Crippen LogP contribution in [0.3, 0.4) is 0 Å². The molecule has 1 aromatic carbocycles. The predicted molar refractivity (Wildman–Crippen MR) is 74.9 cm³/mol. The summed E-state index contributed by atoms with van der Waals surface area (Å²) >= 11 is 1.88. The fourth-order valence-corrected chi connectivity index (χ4v) is 2.39. The van der Waals surface area contributed by atoms with Crippen LogP contribution in [-0.4, -0.2) is 29.8 Å². The number of aryl methyl sites for hydroxylation is 1. The monoisotopic (exact) mass is 254 g/mol. The second kappa shape index (κ2) is 8.43. The highest BCUT2D eigenvalue weighted by molar-refractivity contribution is 7.99. The molecule has 0 spiro atoms. The summed E-state index contributed by atoms with van der Waals surface area (Å²) in [5.74, 6) is 3.48. The number of aliphatic hydroxyl groups is 1. The van der Waals surface area contributed by atoms with Crippen molar-refractivity contribution in [2.75, 3.05) is 24.7 Å². The Kier molecular flexibility index (Phi) is 7.13. The van der Waals surface area contributed by atoms with Crippen LogP contribution in [0.15, 0.2) is 24.3 Å². The zero-order valence-electron chi connectivity index (χ0n) is 10.7. The lowest BCUT2D eigenvalue weighted by molar-refractivity contribution is 0.250. The van der Waals surface area contributed by atoms with Gasteiger partial charge in [-0.2, -0.15) is 11.8 Å². The molecular weight excluding hydrogens is 232 g/mol. The molecule has 2 nitrogen and oxygen atoms in total. The molecule has 17 heavy (non-hydrogen) atoms. The number of benzene rings is 1. The Labute approximate surface area is 108 Å². The molecule has 1 unspecified atom stereocenters. The molecule has 0 aliphatic rings. The van der Waals surface area contributed by atoms with Crippen molar-refractivity contribution in [2.24, 2.45) is 5.92 Å². The van der Waals surface area contributed by atoms with Crippen LogP contribution < -0.4 is 4.74 Å². The number of aliphatic hydroxyl groups excluding tert-OH is 1. The molecule has 0 aromatic heterocycles. The van der Waals surface area contributed by atoms with Gasteiger partial charge in [-0.05, 0) is 48.5 Å². The van der Waals surface area contributed by atoms with Crippen molar-refractivity contribution in [3.8, 4) is 5.75 Å². The van der Waals surface area contributed by atoms with Crippen molar-refractivity contribution in [1.29, 1.82) is 0 Å². The summed E-state index contributed by atoms with van der Waals surface area (Å²) in [5, 5.41) is 8.87. The number of thioether (sulfide) groups is 1. The van der Waals surface area contributed by atoms with Gasteiger partial charge in [0.2, 0.25) is 0 Å². The Morgan fingerprint density at radius 3 is 2.94 bits per heavy atom. The zero-order valence-corrected chi connectivity index (χ0v) is 11.5. The Morgan fingerprint density at radius 2 is 2.24 bits per heavy atom. The van der Waals surface area contributed by atoms with E-state index >= 15 is 0 Å². The van der Waals surface area contributed by atoms with Crippen molar-refractivity contribution >= 4 is 11.8 Å². The van der Waals surface area contributed by atoms with Gasteiger partial charge in [-0.1, -0.05) is 19.1 Å².